The van der Waals surface area contributed by atoms with E-state index < -0.39 is 0 Å². The lowest BCUT2D eigenvalue weighted by atomic mass is 10.1. The number of guanidine groups is 1. The largest absolute Gasteiger partial charge is 0.450 e. The first-order chi connectivity index (χ1) is 11.6. The van der Waals surface area contributed by atoms with Gasteiger partial charge in [-0.1, -0.05) is 26.7 Å². The molecule has 0 aromatic carbocycles. The predicted octanol–water partition coefficient (Wildman–Crippen LogP) is 2.99. The molecule has 0 aromatic rings. The molecule has 1 rings (SSSR count). The molecule has 24 heavy (non-hydrogen) atoms. The van der Waals surface area contributed by atoms with Crippen LogP contribution in [0.25, 0.3) is 0 Å². The van der Waals surface area contributed by atoms with Gasteiger partial charge < -0.3 is 20.3 Å². The molecule has 0 atom stereocenters. The molecule has 0 saturated carbocycles. The van der Waals surface area contributed by atoms with Crippen LogP contribution in [0.4, 0.5) is 4.79 Å². The number of rotatable bonds is 8. The van der Waals surface area contributed by atoms with Crippen molar-refractivity contribution in [3.8, 4) is 0 Å². The minimum Gasteiger partial charge on any atom is -0.450 e. The first-order valence-corrected chi connectivity index (χ1v) is 9.53. The summed E-state index contributed by atoms with van der Waals surface area (Å²) in [6.45, 7) is 12.1. The number of carbonyl (C=O) groups is 1. The van der Waals surface area contributed by atoms with Crippen LogP contribution in [0, 0.1) is 5.92 Å². The van der Waals surface area contributed by atoms with E-state index in [4.69, 9.17) is 4.74 Å². The normalized spacial score (nSPS) is 16.4. The van der Waals surface area contributed by atoms with Gasteiger partial charge in [0.15, 0.2) is 5.96 Å². The van der Waals surface area contributed by atoms with Gasteiger partial charge in [0, 0.05) is 32.2 Å². The Kier molecular flexibility index (Phi) is 10.3. The van der Waals surface area contributed by atoms with Crippen molar-refractivity contribution < 1.29 is 9.53 Å². The molecule has 1 fully saturated rings. The Morgan fingerprint density at radius 1 is 1.25 bits per heavy atom. The Hall–Kier alpha value is -1.46. The van der Waals surface area contributed by atoms with Crippen LogP contribution in [0.1, 0.15) is 59.8 Å². The molecule has 1 heterocycles. The number of aliphatic imine (C=N–C) groups is 1. The molecule has 1 amide bonds. The van der Waals surface area contributed by atoms with Crippen LogP contribution in [0.2, 0.25) is 0 Å². The van der Waals surface area contributed by atoms with E-state index in [-0.39, 0.29) is 6.09 Å². The molecule has 0 bridgehead atoms. The van der Waals surface area contributed by atoms with Crippen molar-refractivity contribution in [2.45, 2.75) is 65.8 Å². The summed E-state index contributed by atoms with van der Waals surface area (Å²) in [6, 6.07) is 0.365. The molecule has 1 saturated heterocycles. The predicted molar refractivity (Wildman–Crippen MR) is 99.4 cm³/mol. The number of carbonyl (C=O) groups excluding carboxylic acids is 1. The number of hydrogen-bond donors (Lipinski definition) is 2. The zero-order valence-corrected chi connectivity index (χ0v) is 15.9. The van der Waals surface area contributed by atoms with Gasteiger partial charge in [-0.15, -0.1) is 0 Å². The monoisotopic (exact) mass is 340 g/mol. The lowest BCUT2D eigenvalue weighted by Crippen LogP contribution is -2.49. The van der Waals surface area contributed by atoms with Gasteiger partial charge in [0.05, 0.1) is 6.61 Å². The molecule has 2 N–H and O–H groups in total. The van der Waals surface area contributed by atoms with Gasteiger partial charge in [0.2, 0.25) is 0 Å². The van der Waals surface area contributed by atoms with Crippen LogP contribution in [-0.2, 0) is 4.74 Å². The second kappa shape index (κ2) is 12.0. The molecule has 1 aliphatic rings. The highest BCUT2D eigenvalue weighted by Crippen LogP contribution is 2.11. The first kappa shape index (κ1) is 20.6. The molecule has 0 spiro atoms. The summed E-state index contributed by atoms with van der Waals surface area (Å²) in [5, 5.41) is 6.83. The molecular formula is C18H36N4O2. The molecule has 0 aromatic heterocycles. The van der Waals surface area contributed by atoms with E-state index in [0.29, 0.717) is 12.6 Å². The Labute approximate surface area is 147 Å². The summed E-state index contributed by atoms with van der Waals surface area (Å²) < 4.78 is 5.06. The van der Waals surface area contributed by atoms with Crippen molar-refractivity contribution >= 4 is 12.1 Å². The fourth-order valence-corrected chi connectivity index (χ4v) is 2.79. The quantitative estimate of drug-likeness (QED) is 0.405. The third-order valence-electron chi connectivity index (χ3n) is 4.17. The maximum atomic E-state index is 11.7. The van der Waals surface area contributed by atoms with Crippen LogP contribution in [0.15, 0.2) is 4.99 Å². The minimum absolute atomic E-state index is 0.193. The zero-order chi connectivity index (χ0) is 17.8. The molecular weight excluding hydrogens is 304 g/mol. The van der Waals surface area contributed by atoms with E-state index in [1.807, 2.05) is 6.92 Å². The van der Waals surface area contributed by atoms with Crippen LogP contribution < -0.4 is 10.6 Å². The van der Waals surface area contributed by atoms with E-state index in [0.717, 1.165) is 57.3 Å². The van der Waals surface area contributed by atoms with Crippen LogP contribution in [0.5, 0.6) is 0 Å². The number of amides is 1. The van der Waals surface area contributed by atoms with E-state index in [1.54, 1.807) is 4.90 Å². The second-order valence-corrected chi connectivity index (χ2v) is 6.75. The van der Waals surface area contributed by atoms with Crippen molar-refractivity contribution in [2.75, 3.05) is 32.8 Å². The summed E-state index contributed by atoms with van der Waals surface area (Å²) >= 11 is 0. The topological polar surface area (TPSA) is 66.0 Å². The van der Waals surface area contributed by atoms with Gasteiger partial charge in [-0.2, -0.15) is 0 Å². The Morgan fingerprint density at radius 3 is 2.54 bits per heavy atom. The Bertz CT molecular complexity index is 377. The highest BCUT2D eigenvalue weighted by atomic mass is 16.6. The van der Waals surface area contributed by atoms with Gasteiger partial charge in [0.1, 0.15) is 0 Å². The van der Waals surface area contributed by atoms with Gasteiger partial charge in [0.25, 0.3) is 0 Å². The molecule has 140 valence electrons. The molecule has 0 unspecified atom stereocenters. The maximum Gasteiger partial charge on any atom is 0.409 e. The minimum atomic E-state index is -0.193. The van der Waals surface area contributed by atoms with Crippen molar-refractivity contribution in [3.63, 3.8) is 0 Å². The van der Waals surface area contributed by atoms with Crippen LogP contribution >= 0.6 is 0 Å². The van der Waals surface area contributed by atoms with E-state index in [1.165, 1.54) is 12.8 Å². The van der Waals surface area contributed by atoms with E-state index >= 15 is 0 Å². The molecule has 0 radical (unpaired) electrons. The van der Waals surface area contributed by atoms with Crippen molar-refractivity contribution in [1.29, 1.82) is 0 Å². The summed E-state index contributed by atoms with van der Waals surface area (Å²) in [5.41, 5.74) is 0. The lowest BCUT2D eigenvalue weighted by Gasteiger charge is -2.32. The Morgan fingerprint density at radius 2 is 1.96 bits per heavy atom. The van der Waals surface area contributed by atoms with Gasteiger partial charge in [-0.25, -0.2) is 4.79 Å². The molecule has 6 heteroatoms. The second-order valence-electron chi connectivity index (χ2n) is 6.75. The summed E-state index contributed by atoms with van der Waals surface area (Å²) in [7, 11) is 0. The maximum absolute atomic E-state index is 11.7. The molecule has 6 nitrogen and oxygen atoms in total. The lowest BCUT2D eigenvalue weighted by molar-refractivity contribution is 0.0963. The SMILES string of the molecule is CCNC(=NCCCCC(C)C)NC1CCN(C(=O)OCC)CC1. The average molecular weight is 341 g/mol. The van der Waals surface area contributed by atoms with Crippen LogP contribution in [-0.4, -0.2) is 55.8 Å². The number of unbranched alkanes of at least 4 members (excludes halogenated alkanes) is 1. The first-order valence-electron chi connectivity index (χ1n) is 9.53. The fourth-order valence-electron chi connectivity index (χ4n) is 2.79. The third-order valence-corrected chi connectivity index (χ3v) is 4.17. The number of hydrogen-bond acceptors (Lipinski definition) is 3. The number of nitrogens with zero attached hydrogens (tertiary/aromatic N) is 2. The number of nitrogens with one attached hydrogen (secondary N) is 2. The molecule has 1 aliphatic heterocycles. The van der Waals surface area contributed by atoms with Gasteiger partial charge >= 0.3 is 6.09 Å². The summed E-state index contributed by atoms with van der Waals surface area (Å²) in [5.74, 6) is 1.67. The standard InChI is InChI=1S/C18H36N4O2/c1-5-19-17(20-12-8-7-9-15(3)4)21-16-10-13-22(14-11-16)18(23)24-6-2/h15-16H,5-14H2,1-4H3,(H2,19,20,21). The molecule has 0 aliphatic carbocycles. The van der Waals surface area contributed by atoms with Gasteiger partial charge in [-0.3, -0.25) is 4.99 Å². The highest BCUT2D eigenvalue weighted by Gasteiger charge is 2.23. The Balaban J connectivity index is 2.33. The third kappa shape index (κ3) is 8.41. The zero-order valence-electron chi connectivity index (χ0n) is 15.9. The highest BCUT2D eigenvalue weighted by molar-refractivity contribution is 5.80. The smallest absolute Gasteiger partial charge is 0.409 e. The summed E-state index contributed by atoms with van der Waals surface area (Å²) in [6.07, 6.45) is 5.30. The number of piperidine rings is 1. The van der Waals surface area contributed by atoms with Crippen LogP contribution in [0.3, 0.4) is 0 Å². The van der Waals surface area contributed by atoms with Crippen molar-refractivity contribution in [2.24, 2.45) is 10.9 Å². The van der Waals surface area contributed by atoms with Crippen molar-refractivity contribution in [1.82, 2.24) is 15.5 Å². The number of ether oxygens (including phenoxy) is 1. The fraction of sp³-hybridized carbons (Fsp3) is 0.889. The van der Waals surface area contributed by atoms with E-state index in [9.17, 15) is 4.79 Å². The summed E-state index contributed by atoms with van der Waals surface area (Å²) in [4.78, 5) is 18.2. The number of likely N-dealkylation sites (tertiary alicyclic amines) is 1. The van der Waals surface area contributed by atoms with E-state index in [2.05, 4.69) is 36.4 Å². The average Bonchev–Trinajstić information content (AvgIpc) is 2.55. The van der Waals surface area contributed by atoms with Crippen molar-refractivity contribution in [3.05, 3.63) is 0 Å². The van der Waals surface area contributed by atoms with Gasteiger partial charge in [-0.05, 0) is 39.0 Å².